The van der Waals surface area contributed by atoms with Gasteiger partial charge in [0.2, 0.25) is 0 Å². The van der Waals surface area contributed by atoms with E-state index in [1.165, 1.54) is 6.54 Å². The molecule has 0 saturated heterocycles. The van der Waals surface area contributed by atoms with Crippen molar-refractivity contribution in [2.45, 2.75) is 13.8 Å². The predicted molar refractivity (Wildman–Crippen MR) is 44.7 cm³/mol. The van der Waals surface area contributed by atoms with E-state index in [4.69, 9.17) is 0 Å². The monoisotopic (exact) mass is 142 g/mol. The van der Waals surface area contributed by atoms with E-state index in [0.717, 1.165) is 22.2 Å². The summed E-state index contributed by atoms with van der Waals surface area (Å²) < 4.78 is 1.12. The Morgan fingerprint density at radius 3 is 1.50 bits per heavy atom. The van der Waals surface area contributed by atoms with Crippen LogP contribution in [0, 0.1) is 17.8 Å². The number of quaternary nitrogens is 1. The fourth-order valence-electron chi connectivity index (χ4n) is 1.73. The largest absolute Gasteiger partial charge is 0.331 e. The molecule has 0 N–H and O–H groups in total. The molecule has 0 bridgehead atoms. The number of nitrogens with zero attached hydrogens (tertiary/aromatic N) is 1. The van der Waals surface area contributed by atoms with Crippen LogP contribution in [0.15, 0.2) is 0 Å². The Morgan fingerprint density at radius 1 is 1.00 bits per heavy atom. The lowest BCUT2D eigenvalue weighted by Gasteiger charge is -2.23. The normalized spacial score (nSPS) is 39.9. The van der Waals surface area contributed by atoms with Crippen LogP contribution in [-0.4, -0.2) is 32.2 Å². The highest BCUT2D eigenvalue weighted by Gasteiger charge is 2.45. The molecular formula is C9H20N+. The SMILES string of the molecule is CC1C(C)C1C[N+](C)(C)C. The first-order valence-electron chi connectivity index (χ1n) is 4.22. The van der Waals surface area contributed by atoms with Crippen LogP contribution in [-0.2, 0) is 0 Å². The quantitative estimate of drug-likeness (QED) is 0.514. The second kappa shape index (κ2) is 2.23. The summed E-state index contributed by atoms with van der Waals surface area (Å²) in [4.78, 5) is 0. The summed E-state index contributed by atoms with van der Waals surface area (Å²) in [6.45, 7) is 6.08. The van der Waals surface area contributed by atoms with Crippen molar-refractivity contribution in [2.75, 3.05) is 27.7 Å². The Kier molecular flexibility index (Phi) is 1.80. The van der Waals surface area contributed by atoms with E-state index in [9.17, 15) is 0 Å². The van der Waals surface area contributed by atoms with E-state index in [1.54, 1.807) is 0 Å². The van der Waals surface area contributed by atoms with E-state index in [0.29, 0.717) is 0 Å². The van der Waals surface area contributed by atoms with Gasteiger partial charge in [-0.2, -0.15) is 0 Å². The van der Waals surface area contributed by atoms with Gasteiger partial charge in [0.15, 0.2) is 0 Å². The highest BCUT2D eigenvalue weighted by atomic mass is 15.3. The number of hydrogen-bond acceptors (Lipinski definition) is 0. The van der Waals surface area contributed by atoms with Crippen LogP contribution in [0.25, 0.3) is 0 Å². The number of hydrogen-bond donors (Lipinski definition) is 0. The summed E-state index contributed by atoms with van der Waals surface area (Å²) in [5, 5.41) is 0. The van der Waals surface area contributed by atoms with Crippen molar-refractivity contribution in [2.24, 2.45) is 17.8 Å². The second-order valence-corrected chi connectivity index (χ2v) is 4.85. The van der Waals surface area contributed by atoms with Crippen molar-refractivity contribution in [1.82, 2.24) is 0 Å². The minimum absolute atomic E-state index is 0.984. The van der Waals surface area contributed by atoms with E-state index in [2.05, 4.69) is 35.0 Å². The lowest BCUT2D eigenvalue weighted by Crippen LogP contribution is -2.36. The smallest absolute Gasteiger partial charge is 0.0814 e. The molecule has 1 nitrogen and oxygen atoms in total. The maximum atomic E-state index is 2.37. The van der Waals surface area contributed by atoms with Gasteiger partial charge in [-0.1, -0.05) is 13.8 Å². The van der Waals surface area contributed by atoms with Crippen LogP contribution in [0.5, 0.6) is 0 Å². The van der Waals surface area contributed by atoms with Crippen LogP contribution >= 0.6 is 0 Å². The van der Waals surface area contributed by atoms with E-state index >= 15 is 0 Å². The molecule has 0 aliphatic heterocycles. The van der Waals surface area contributed by atoms with Gasteiger partial charge in [0, 0.05) is 5.92 Å². The van der Waals surface area contributed by atoms with Crippen molar-refractivity contribution in [3.05, 3.63) is 0 Å². The van der Waals surface area contributed by atoms with Gasteiger partial charge in [0.1, 0.15) is 0 Å². The zero-order valence-corrected chi connectivity index (χ0v) is 7.89. The van der Waals surface area contributed by atoms with Crippen molar-refractivity contribution in [3.8, 4) is 0 Å². The minimum atomic E-state index is 0.984. The van der Waals surface area contributed by atoms with Gasteiger partial charge in [0.05, 0.1) is 27.7 Å². The van der Waals surface area contributed by atoms with Gasteiger partial charge in [-0.25, -0.2) is 0 Å². The van der Waals surface area contributed by atoms with Gasteiger partial charge in [-0.3, -0.25) is 0 Å². The zero-order valence-electron chi connectivity index (χ0n) is 7.89. The topological polar surface area (TPSA) is 0 Å². The Balaban J connectivity index is 2.29. The lowest BCUT2D eigenvalue weighted by atomic mass is 10.3. The standard InChI is InChI=1S/C9H20N/c1-7-8(2)9(7)6-10(3,4)5/h7-9H,6H2,1-5H3/q+1. The number of rotatable bonds is 2. The second-order valence-electron chi connectivity index (χ2n) is 4.85. The predicted octanol–water partition coefficient (Wildman–Crippen LogP) is 1.59. The summed E-state index contributed by atoms with van der Waals surface area (Å²) >= 11 is 0. The summed E-state index contributed by atoms with van der Waals surface area (Å²) in [6.07, 6.45) is 0. The summed E-state index contributed by atoms with van der Waals surface area (Å²) in [7, 11) is 6.83. The van der Waals surface area contributed by atoms with Crippen LogP contribution in [0.2, 0.25) is 0 Å². The van der Waals surface area contributed by atoms with Gasteiger partial charge < -0.3 is 4.48 Å². The van der Waals surface area contributed by atoms with Crippen LogP contribution in [0.3, 0.4) is 0 Å². The average molecular weight is 142 g/mol. The van der Waals surface area contributed by atoms with Gasteiger partial charge >= 0.3 is 0 Å². The Bertz CT molecular complexity index is 115. The lowest BCUT2D eigenvalue weighted by molar-refractivity contribution is -0.872. The van der Waals surface area contributed by atoms with Crippen LogP contribution in [0.1, 0.15) is 13.8 Å². The molecule has 10 heavy (non-hydrogen) atoms. The first kappa shape index (κ1) is 8.06. The summed E-state index contributed by atoms with van der Waals surface area (Å²) in [5.41, 5.74) is 0. The first-order valence-corrected chi connectivity index (χ1v) is 4.22. The summed E-state index contributed by atoms with van der Waals surface area (Å²) in [6, 6.07) is 0. The van der Waals surface area contributed by atoms with Crippen molar-refractivity contribution < 1.29 is 4.48 Å². The first-order chi connectivity index (χ1) is 4.42. The molecule has 0 radical (unpaired) electrons. The molecule has 0 spiro atoms. The summed E-state index contributed by atoms with van der Waals surface area (Å²) in [5.74, 6) is 2.97. The molecule has 1 aliphatic rings. The zero-order chi connectivity index (χ0) is 7.94. The molecule has 2 unspecified atom stereocenters. The molecule has 0 aromatic heterocycles. The van der Waals surface area contributed by atoms with Gasteiger partial charge in [-0.15, -0.1) is 0 Å². The highest BCUT2D eigenvalue weighted by molar-refractivity contribution is 4.90. The molecule has 2 atom stereocenters. The van der Waals surface area contributed by atoms with E-state index < -0.39 is 0 Å². The molecule has 1 aliphatic carbocycles. The third-order valence-electron chi connectivity index (χ3n) is 2.80. The van der Waals surface area contributed by atoms with Crippen LogP contribution in [0.4, 0.5) is 0 Å². The van der Waals surface area contributed by atoms with Crippen LogP contribution < -0.4 is 0 Å². The average Bonchev–Trinajstić information content (AvgIpc) is 2.19. The maximum Gasteiger partial charge on any atom is 0.0814 e. The molecule has 1 heteroatoms. The molecule has 0 aromatic carbocycles. The molecule has 1 fully saturated rings. The van der Waals surface area contributed by atoms with Crippen molar-refractivity contribution in [1.29, 1.82) is 0 Å². The molecular weight excluding hydrogens is 122 g/mol. The molecule has 1 saturated carbocycles. The molecule has 0 amide bonds. The highest BCUT2D eigenvalue weighted by Crippen LogP contribution is 2.45. The molecule has 0 heterocycles. The third kappa shape index (κ3) is 1.72. The van der Waals surface area contributed by atoms with E-state index in [-0.39, 0.29) is 0 Å². The maximum absolute atomic E-state index is 2.37. The van der Waals surface area contributed by atoms with E-state index in [1.807, 2.05) is 0 Å². The Labute approximate surface area is 64.6 Å². The van der Waals surface area contributed by atoms with Gasteiger partial charge in [0.25, 0.3) is 0 Å². The minimum Gasteiger partial charge on any atom is -0.331 e. The Morgan fingerprint density at radius 2 is 1.40 bits per heavy atom. The van der Waals surface area contributed by atoms with Crippen molar-refractivity contribution in [3.63, 3.8) is 0 Å². The van der Waals surface area contributed by atoms with Gasteiger partial charge in [-0.05, 0) is 11.8 Å². The fraction of sp³-hybridized carbons (Fsp3) is 1.00. The van der Waals surface area contributed by atoms with Crippen molar-refractivity contribution >= 4 is 0 Å². The molecule has 0 aromatic rings. The molecule has 60 valence electrons. The Hall–Kier alpha value is -0.0400. The fourth-order valence-corrected chi connectivity index (χ4v) is 1.73. The third-order valence-corrected chi connectivity index (χ3v) is 2.80. The molecule has 1 rings (SSSR count).